The van der Waals surface area contributed by atoms with E-state index in [9.17, 15) is 4.39 Å². The lowest BCUT2D eigenvalue weighted by atomic mass is 9.96. The molecule has 3 atom stereocenters. The Morgan fingerprint density at radius 3 is 2.71 bits per heavy atom. The molecule has 0 aliphatic heterocycles. The zero-order valence-electron chi connectivity index (χ0n) is 8.18. The van der Waals surface area contributed by atoms with Gasteiger partial charge in [-0.2, -0.15) is 0 Å². The first-order valence-corrected chi connectivity index (χ1v) is 5.44. The highest BCUT2D eigenvalue weighted by molar-refractivity contribution is 9.10. The van der Waals surface area contributed by atoms with Gasteiger partial charge in [0, 0.05) is 5.41 Å². The van der Waals surface area contributed by atoms with Crippen LogP contribution >= 0.6 is 15.9 Å². The molecule has 0 radical (unpaired) electrons. The van der Waals surface area contributed by atoms with E-state index in [0.717, 1.165) is 5.76 Å². The van der Waals surface area contributed by atoms with Crippen LogP contribution in [0.25, 0.3) is 0 Å². The average molecular weight is 262 g/mol. The summed E-state index contributed by atoms with van der Waals surface area (Å²) < 4.78 is 19.3. The second-order valence-corrected chi connectivity index (χ2v) is 4.82. The summed E-state index contributed by atoms with van der Waals surface area (Å²) in [5.41, 5.74) is -0.300. The smallest absolute Gasteiger partial charge is 0.169 e. The van der Waals surface area contributed by atoms with Crippen molar-refractivity contribution in [1.29, 1.82) is 0 Å². The minimum atomic E-state index is -0.719. The monoisotopic (exact) mass is 261 g/mol. The Labute approximate surface area is 91.0 Å². The molecule has 1 fully saturated rings. The van der Waals surface area contributed by atoms with Crippen LogP contribution in [-0.4, -0.2) is 13.2 Å². The van der Waals surface area contributed by atoms with Gasteiger partial charge in [0.2, 0.25) is 0 Å². The van der Waals surface area contributed by atoms with Gasteiger partial charge in [-0.05, 0) is 41.5 Å². The number of rotatable bonds is 3. The second kappa shape index (κ2) is 3.35. The first kappa shape index (κ1) is 10.2. The molecular formula is C10H13BrFNO. The lowest BCUT2D eigenvalue weighted by Crippen LogP contribution is -2.25. The van der Waals surface area contributed by atoms with E-state index in [1.807, 2.05) is 26.1 Å². The van der Waals surface area contributed by atoms with Crippen LogP contribution in [-0.2, 0) is 0 Å². The Balaban J connectivity index is 2.22. The molecule has 2 rings (SSSR count). The van der Waals surface area contributed by atoms with Crippen LogP contribution in [0, 0.1) is 5.41 Å². The minimum absolute atomic E-state index is 0.0381. The molecule has 0 amide bonds. The van der Waals surface area contributed by atoms with Gasteiger partial charge in [0.1, 0.15) is 11.9 Å². The molecule has 1 aliphatic carbocycles. The van der Waals surface area contributed by atoms with Gasteiger partial charge in [-0.1, -0.05) is 6.92 Å². The summed E-state index contributed by atoms with van der Waals surface area (Å²) in [6, 6.07) is 3.67. The van der Waals surface area contributed by atoms with E-state index in [1.54, 1.807) is 0 Å². The maximum absolute atomic E-state index is 13.2. The number of hydrogen-bond acceptors (Lipinski definition) is 2. The first-order valence-electron chi connectivity index (χ1n) is 4.64. The van der Waals surface area contributed by atoms with E-state index >= 15 is 0 Å². The van der Waals surface area contributed by atoms with Gasteiger partial charge >= 0.3 is 0 Å². The SMILES string of the molecule is CNC(c1ccc(Br)o1)C1(C)CC1F. The maximum atomic E-state index is 13.2. The van der Waals surface area contributed by atoms with Crippen molar-refractivity contribution in [3.05, 3.63) is 22.6 Å². The molecule has 1 heterocycles. The molecule has 3 unspecified atom stereocenters. The Bertz CT molecular complexity index is 341. The highest BCUT2D eigenvalue weighted by atomic mass is 79.9. The zero-order chi connectivity index (χ0) is 10.3. The summed E-state index contributed by atoms with van der Waals surface area (Å²) in [6.07, 6.45) is -0.111. The molecule has 0 aromatic carbocycles. The fourth-order valence-electron chi connectivity index (χ4n) is 1.91. The lowest BCUT2D eigenvalue weighted by molar-refractivity contribution is 0.269. The molecule has 14 heavy (non-hydrogen) atoms. The summed E-state index contributed by atoms with van der Waals surface area (Å²) in [5, 5.41) is 3.11. The summed E-state index contributed by atoms with van der Waals surface area (Å²) >= 11 is 3.24. The van der Waals surface area contributed by atoms with Crippen LogP contribution in [0.2, 0.25) is 0 Å². The van der Waals surface area contributed by atoms with E-state index in [4.69, 9.17) is 4.42 Å². The Morgan fingerprint density at radius 1 is 1.71 bits per heavy atom. The van der Waals surface area contributed by atoms with E-state index in [-0.39, 0.29) is 11.5 Å². The van der Waals surface area contributed by atoms with Gasteiger partial charge in [-0.25, -0.2) is 4.39 Å². The third-order valence-electron chi connectivity index (χ3n) is 3.00. The molecule has 0 bridgehead atoms. The highest BCUT2D eigenvalue weighted by Crippen LogP contribution is 2.56. The van der Waals surface area contributed by atoms with E-state index < -0.39 is 6.17 Å². The molecule has 1 aromatic rings. The summed E-state index contributed by atoms with van der Waals surface area (Å²) in [4.78, 5) is 0. The van der Waals surface area contributed by atoms with Crippen LogP contribution in [0.4, 0.5) is 4.39 Å². The van der Waals surface area contributed by atoms with Crippen molar-refractivity contribution >= 4 is 15.9 Å². The van der Waals surface area contributed by atoms with Gasteiger partial charge < -0.3 is 9.73 Å². The predicted octanol–water partition coefficient (Wildman–Crippen LogP) is 3.05. The van der Waals surface area contributed by atoms with E-state index in [1.165, 1.54) is 0 Å². The topological polar surface area (TPSA) is 25.2 Å². The van der Waals surface area contributed by atoms with Gasteiger partial charge in [0.25, 0.3) is 0 Å². The molecule has 1 aliphatic rings. The second-order valence-electron chi connectivity index (χ2n) is 4.04. The number of hydrogen-bond donors (Lipinski definition) is 1. The molecular weight excluding hydrogens is 249 g/mol. The first-order chi connectivity index (χ1) is 6.58. The van der Waals surface area contributed by atoms with Crippen molar-refractivity contribution < 1.29 is 8.81 Å². The average Bonchev–Trinajstić information content (AvgIpc) is 2.57. The Kier molecular flexibility index (Phi) is 2.43. The molecule has 2 nitrogen and oxygen atoms in total. The van der Waals surface area contributed by atoms with Gasteiger partial charge in [-0.15, -0.1) is 0 Å². The predicted molar refractivity (Wildman–Crippen MR) is 55.8 cm³/mol. The zero-order valence-corrected chi connectivity index (χ0v) is 9.77. The highest BCUT2D eigenvalue weighted by Gasteiger charge is 2.57. The Morgan fingerprint density at radius 2 is 2.36 bits per heavy atom. The largest absolute Gasteiger partial charge is 0.453 e. The van der Waals surface area contributed by atoms with Crippen molar-refractivity contribution in [3.63, 3.8) is 0 Å². The number of furan rings is 1. The van der Waals surface area contributed by atoms with Crippen molar-refractivity contribution in [3.8, 4) is 0 Å². The van der Waals surface area contributed by atoms with Gasteiger partial charge in [0.05, 0.1) is 6.04 Å². The van der Waals surface area contributed by atoms with Crippen molar-refractivity contribution in [1.82, 2.24) is 5.32 Å². The molecule has 0 spiro atoms. The fourth-order valence-corrected chi connectivity index (χ4v) is 2.23. The number of halogens is 2. The van der Waals surface area contributed by atoms with E-state index in [2.05, 4.69) is 21.2 Å². The van der Waals surface area contributed by atoms with Gasteiger partial charge in [0.15, 0.2) is 4.67 Å². The van der Waals surface area contributed by atoms with Crippen LogP contribution in [0.1, 0.15) is 25.1 Å². The third-order valence-corrected chi connectivity index (χ3v) is 3.43. The quantitative estimate of drug-likeness (QED) is 0.905. The summed E-state index contributed by atoms with van der Waals surface area (Å²) in [7, 11) is 1.83. The van der Waals surface area contributed by atoms with Crippen LogP contribution in [0.3, 0.4) is 0 Å². The van der Waals surface area contributed by atoms with Crippen LogP contribution in [0.15, 0.2) is 21.2 Å². The van der Waals surface area contributed by atoms with Crippen molar-refractivity contribution in [2.75, 3.05) is 7.05 Å². The van der Waals surface area contributed by atoms with Crippen LogP contribution < -0.4 is 5.32 Å². The van der Waals surface area contributed by atoms with Gasteiger partial charge in [-0.3, -0.25) is 0 Å². The van der Waals surface area contributed by atoms with Crippen molar-refractivity contribution in [2.24, 2.45) is 5.41 Å². The molecule has 78 valence electrons. The number of alkyl halides is 1. The molecule has 1 N–H and O–H groups in total. The minimum Gasteiger partial charge on any atom is -0.453 e. The molecule has 1 saturated carbocycles. The molecule has 4 heteroatoms. The third kappa shape index (κ3) is 1.50. The van der Waals surface area contributed by atoms with Crippen molar-refractivity contribution in [2.45, 2.75) is 25.6 Å². The summed E-state index contributed by atoms with van der Waals surface area (Å²) in [6.45, 7) is 1.94. The van der Waals surface area contributed by atoms with E-state index in [0.29, 0.717) is 11.1 Å². The van der Waals surface area contributed by atoms with Crippen LogP contribution in [0.5, 0.6) is 0 Å². The molecule has 0 saturated heterocycles. The normalized spacial score (nSPS) is 33.0. The standard InChI is InChI=1S/C10H13BrFNO/c1-10(5-7(10)12)9(13-2)6-3-4-8(11)14-6/h3-4,7,9,13H,5H2,1-2H3. The summed E-state index contributed by atoms with van der Waals surface area (Å²) in [5.74, 6) is 0.794. The fraction of sp³-hybridized carbons (Fsp3) is 0.600. The molecule has 1 aromatic heterocycles. The Hall–Kier alpha value is -0.350. The maximum Gasteiger partial charge on any atom is 0.169 e. The lowest BCUT2D eigenvalue weighted by Gasteiger charge is -2.20. The number of nitrogens with one attached hydrogen (secondary N) is 1.